The summed E-state index contributed by atoms with van der Waals surface area (Å²) in [6, 6.07) is 0. The highest BCUT2D eigenvalue weighted by Crippen LogP contribution is 2.18. The number of hydrogen-bond acceptors (Lipinski definition) is 3. The third-order valence-electron chi connectivity index (χ3n) is 3.69. The topological polar surface area (TPSA) is 26.3 Å². The quantitative estimate of drug-likeness (QED) is 0.180. The van der Waals surface area contributed by atoms with E-state index in [9.17, 15) is 4.57 Å². The molecule has 0 spiro atoms. The van der Waals surface area contributed by atoms with E-state index >= 15 is 0 Å². The van der Waals surface area contributed by atoms with Crippen molar-refractivity contribution in [1.82, 2.24) is 0 Å². The highest BCUT2D eigenvalue weighted by Gasteiger charge is 1.97. The van der Waals surface area contributed by atoms with Gasteiger partial charge < -0.3 is 12.2 Å². The van der Waals surface area contributed by atoms with E-state index in [1.807, 2.05) is 0 Å². The van der Waals surface area contributed by atoms with Gasteiger partial charge in [0, 0.05) is 0 Å². The van der Waals surface area contributed by atoms with Crippen LogP contribution in [0.25, 0.3) is 0 Å². The van der Waals surface area contributed by atoms with Gasteiger partial charge in [-0.2, -0.15) is 4.52 Å². The molecule has 120 valence electrons. The average molecular weight is 320 g/mol. The Kier molecular flexibility index (Phi) is 17.8. The van der Waals surface area contributed by atoms with Gasteiger partial charge in [0.05, 0.1) is 0 Å². The van der Waals surface area contributed by atoms with Crippen molar-refractivity contribution in [3.8, 4) is 0 Å². The molecular weight excluding hydrogens is 287 g/mol. The molecule has 0 N–H and O–H groups in total. The second-order valence-electron chi connectivity index (χ2n) is 5.65. The van der Waals surface area contributed by atoms with E-state index in [0.29, 0.717) is 6.61 Å². The zero-order valence-electron chi connectivity index (χ0n) is 13.3. The van der Waals surface area contributed by atoms with E-state index in [2.05, 4.69) is 19.2 Å². The Labute approximate surface area is 132 Å². The second kappa shape index (κ2) is 17.5. The Morgan fingerprint density at radius 2 is 1.05 bits per heavy atom. The first kappa shape index (κ1) is 20.4. The van der Waals surface area contributed by atoms with E-state index in [1.54, 1.807) is 0 Å². The summed E-state index contributed by atoms with van der Waals surface area (Å²) in [6.45, 7) is 2.84. The summed E-state index contributed by atoms with van der Waals surface area (Å²) in [5, 5.41) is 0. The first-order valence-electron chi connectivity index (χ1n) is 8.54. The highest BCUT2D eigenvalue weighted by molar-refractivity contribution is 8.25. The molecule has 4 heteroatoms. The molecule has 0 aliphatic rings. The average Bonchev–Trinajstić information content (AvgIpc) is 2.43. The SMILES string of the molecule is CCCCCCCCCCCCCCCCO[P+](=O)[S-]. The Hall–Kier alpha value is 0.410. The summed E-state index contributed by atoms with van der Waals surface area (Å²) in [4.78, 5) is 0. The van der Waals surface area contributed by atoms with E-state index in [1.165, 1.54) is 83.5 Å². The normalized spacial score (nSPS) is 11.8. The molecule has 1 atom stereocenters. The molecule has 0 saturated carbocycles. The van der Waals surface area contributed by atoms with Crippen molar-refractivity contribution in [2.24, 2.45) is 0 Å². The smallest absolute Gasteiger partial charge is 0.372 e. The maximum absolute atomic E-state index is 10.5. The van der Waals surface area contributed by atoms with Crippen molar-refractivity contribution >= 4 is 19.5 Å². The molecule has 0 heterocycles. The van der Waals surface area contributed by atoms with Crippen molar-refractivity contribution in [2.75, 3.05) is 6.61 Å². The van der Waals surface area contributed by atoms with E-state index in [4.69, 9.17) is 4.52 Å². The van der Waals surface area contributed by atoms with Gasteiger partial charge in [-0.25, -0.2) is 0 Å². The number of rotatable bonds is 16. The van der Waals surface area contributed by atoms with Crippen molar-refractivity contribution in [3.05, 3.63) is 0 Å². The monoisotopic (exact) mass is 320 g/mol. The van der Waals surface area contributed by atoms with E-state index < -0.39 is 7.23 Å². The minimum atomic E-state index is -1.81. The fourth-order valence-electron chi connectivity index (χ4n) is 2.44. The zero-order valence-corrected chi connectivity index (χ0v) is 15.0. The molecule has 1 unspecified atom stereocenters. The lowest BCUT2D eigenvalue weighted by Crippen LogP contribution is -1.87. The molecule has 20 heavy (non-hydrogen) atoms. The van der Waals surface area contributed by atoms with Crippen molar-refractivity contribution in [1.29, 1.82) is 0 Å². The first-order chi connectivity index (χ1) is 9.77. The minimum absolute atomic E-state index is 0.566. The van der Waals surface area contributed by atoms with Crippen LogP contribution in [0.1, 0.15) is 96.8 Å². The molecule has 0 amide bonds. The third kappa shape index (κ3) is 18.4. The molecular formula is C16H33O2PS. The Bertz CT molecular complexity index is 213. The fourth-order valence-corrected chi connectivity index (χ4v) is 2.94. The van der Waals surface area contributed by atoms with E-state index in [0.717, 1.165) is 6.42 Å². The number of hydrogen-bond donors (Lipinski definition) is 0. The summed E-state index contributed by atoms with van der Waals surface area (Å²) in [6.07, 6.45) is 18.9. The molecule has 0 aromatic rings. The van der Waals surface area contributed by atoms with Gasteiger partial charge in [0.1, 0.15) is 6.61 Å². The van der Waals surface area contributed by atoms with Gasteiger partial charge in [0.25, 0.3) is 0 Å². The molecule has 0 aromatic heterocycles. The highest BCUT2D eigenvalue weighted by atomic mass is 32.7. The second-order valence-corrected chi connectivity index (χ2v) is 7.25. The van der Waals surface area contributed by atoms with Crippen LogP contribution in [0.3, 0.4) is 0 Å². The van der Waals surface area contributed by atoms with Crippen LogP contribution in [0.2, 0.25) is 0 Å². The van der Waals surface area contributed by atoms with Crippen LogP contribution in [-0.4, -0.2) is 6.61 Å². The van der Waals surface area contributed by atoms with E-state index in [-0.39, 0.29) is 0 Å². The summed E-state index contributed by atoms with van der Waals surface area (Å²) in [7, 11) is -1.81. The zero-order chi connectivity index (χ0) is 14.9. The van der Waals surface area contributed by atoms with Gasteiger partial charge in [-0.05, 0) is 6.42 Å². The Morgan fingerprint density at radius 3 is 1.40 bits per heavy atom. The van der Waals surface area contributed by atoms with Crippen LogP contribution in [0.4, 0.5) is 0 Å². The van der Waals surface area contributed by atoms with Crippen LogP contribution in [0, 0.1) is 0 Å². The lowest BCUT2D eigenvalue weighted by atomic mass is 10.0. The van der Waals surface area contributed by atoms with Crippen LogP contribution < -0.4 is 0 Å². The molecule has 2 nitrogen and oxygen atoms in total. The molecule has 0 saturated heterocycles. The van der Waals surface area contributed by atoms with Gasteiger partial charge in [-0.3, -0.25) is 0 Å². The summed E-state index contributed by atoms with van der Waals surface area (Å²) < 4.78 is 15.4. The number of unbranched alkanes of at least 4 members (excludes halogenated alkanes) is 13. The molecule has 0 bridgehead atoms. The van der Waals surface area contributed by atoms with Crippen LogP contribution >= 0.6 is 7.23 Å². The summed E-state index contributed by atoms with van der Waals surface area (Å²) in [5.74, 6) is 0. The first-order valence-corrected chi connectivity index (χ1v) is 10.7. The molecule has 0 fully saturated rings. The van der Waals surface area contributed by atoms with Crippen molar-refractivity contribution in [2.45, 2.75) is 96.8 Å². The largest absolute Gasteiger partial charge is 0.408 e. The van der Waals surface area contributed by atoms with Gasteiger partial charge in [-0.15, -0.1) is 0 Å². The summed E-state index contributed by atoms with van der Waals surface area (Å²) in [5.41, 5.74) is 0. The predicted molar refractivity (Wildman–Crippen MR) is 91.2 cm³/mol. The standard InChI is InChI=1S/C16H33O2PS/c1-2-3-4-5-6-7-8-9-10-11-12-13-14-15-16-18-19(17)20/h2-16H2,1H3. The molecule has 0 aliphatic carbocycles. The predicted octanol–water partition coefficient (Wildman–Crippen LogP) is 6.69. The molecule has 0 aromatic carbocycles. The van der Waals surface area contributed by atoms with Crippen LogP contribution in [0.15, 0.2) is 0 Å². The van der Waals surface area contributed by atoms with Gasteiger partial charge in [-0.1, -0.05) is 95.0 Å². The molecule has 0 aliphatic heterocycles. The minimum Gasteiger partial charge on any atom is -0.408 e. The van der Waals surface area contributed by atoms with Crippen LogP contribution in [0.5, 0.6) is 0 Å². The Balaban J connectivity index is 2.94. The summed E-state index contributed by atoms with van der Waals surface area (Å²) >= 11 is 4.47. The fraction of sp³-hybridized carbons (Fsp3) is 1.00. The maximum Gasteiger partial charge on any atom is 0.372 e. The van der Waals surface area contributed by atoms with Crippen molar-refractivity contribution in [3.63, 3.8) is 0 Å². The van der Waals surface area contributed by atoms with Crippen LogP contribution in [-0.2, 0) is 21.3 Å². The van der Waals surface area contributed by atoms with Gasteiger partial charge in [0.2, 0.25) is 0 Å². The van der Waals surface area contributed by atoms with Crippen molar-refractivity contribution < 1.29 is 9.09 Å². The third-order valence-corrected chi connectivity index (χ3v) is 4.40. The lowest BCUT2D eigenvalue weighted by molar-refractivity contribution is 0.325. The Morgan fingerprint density at radius 1 is 0.700 bits per heavy atom. The lowest BCUT2D eigenvalue weighted by Gasteiger charge is -2.02. The molecule has 0 radical (unpaired) electrons. The van der Waals surface area contributed by atoms with Gasteiger partial charge in [0.15, 0.2) is 0 Å². The molecule has 0 rings (SSSR count). The van der Waals surface area contributed by atoms with Gasteiger partial charge >= 0.3 is 7.23 Å². The maximum atomic E-state index is 10.5.